The molecule has 128 valence electrons. The average Bonchev–Trinajstić information content (AvgIpc) is 3.08. The lowest BCUT2D eigenvalue weighted by molar-refractivity contribution is -0.125. The molecule has 1 aliphatic heterocycles. The van der Waals surface area contributed by atoms with Gasteiger partial charge in [0.25, 0.3) is 5.91 Å². The fourth-order valence-electron chi connectivity index (χ4n) is 4.41. The average molecular weight is 329 g/mol. The molecule has 7 nitrogen and oxygen atoms in total. The van der Waals surface area contributed by atoms with Crippen LogP contribution in [-0.4, -0.2) is 34.0 Å². The van der Waals surface area contributed by atoms with E-state index >= 15 is 0 Å². The van der Waals surface area contributed by atoms with Crippen LogP contribution in [0.2, 0.25) is 0 Å². The molecule has 4 rings (SSSR count). The first kappa shape index (κ1) is 15.4. The summed E-state index contributed by atoms with van der Waals surface area (Å²) < 4.78 is 0. The standard InChI is InChI=1S/C17H23N5O2/c1-10-19-13-7-3-2-6-12(13)14(20-10)18-9-11-5-4-8-17(11)15(23)21-16(24)22-17/h11H,2-9H2,1H3,(H,18,19,20)(H2,21,22,23,24). The van der Waals surface area contributed by atoms with Crippen molar-refractivity contribution in [1.82, 2.24) is 20.6 Å². The number of nitrogens with one attached hydrogen (secondary N) is 3. The summed E-state index contributed by atoms with van der Waals surface area (Å²) in [6.45, 7) is 2.55. The fraction of sp³-hybridized carbons (Fsp3) is 0.647. The quantitative estimate of drug-likeness (QED) is 0.730. The van der Waals surface area contributed by atoms with Crippen LogP contribution in [-0.2, 0) is 17.6 Å². The molecule has 3 aliphatic rings. The lowest BCUT2D eigenvalue weighted by Crippen LogP contribution is -2.51. The van der Waals surface area contributed by atoms with E-state index in [1.54, 1.807) is 0 Å². The highest BCUT2D eigenvalue weighted by atomic mass is 16.2. The van der Waals surface area contributed by atoms with Crippen LogP contribution in [0.25, 0.3) is 0 Å². The van der Waals surface area contributed by atoms with E-state index in [0.29, 0.717) is 13.0 Å². The van der Waals surface area contributed by atoms with Gasteiger partial charge in [0.1, 0.15) is 17.2 Å². The van der Waals surface area contributed by atoms with Crippen molar-refractivity contribution < 1.29 is 9.59 Å². The molecule has 2 aliphatic carbocycles. The van der Waals surface area contributed by atoms with Gasteiger partial charge in [-0.15, -0.1) is 0 Å². The maximum Gasteiger partial charge on any atom is 0.322 e. The van der Waals surface area contributed by atoms with E-state index in [4.69, 9.17) is 0 Å². The molecule has 1 saturated carbocycles. The number of anilines is 1. The predicted octanol–water partition coefficient (Wildman–Crippen LogP) is 1.45. The minimum absolute atomic E-state index is 0.0819. The second kappa shape index (κ2) is 5.72. The lowest BCUT2D eigenvalue weighted by atomic mass is 9.87. The van der Waals surface area contributed by atoms with E-state index in [2.05, 4.69) is 25.9 Å². The minimum atomic E-state index is -0.744. The number of aryl methyl sites for hydroxylation is 2. The molecule has 1 aromatic heterocycles. The van der Waals surface area contributed by atoms with Gasteiger partial charge in [-0.2, -0.15) is 0 Å². The van der Waals surface area contributed by atoms with Gasteiger partial charge in [-0.05, 0) is 45.4 Å². The van der Waals surface area contributed by atoms with Crippen LogP contribution < -0.4 is 16.0 Å². The van der Waals surface area contributed by atoms with Gasteiger partial charge in [0.2, 0.25) is 0 Å². The summed E-state index contributed by atoms with van der Waals surface area (Å²) in [5, 5.41) is 8.72. The number of hydrogen-bond donors (Lipinski definition) is 3. The smallest absolute Gasteiger partial charge is 0.322 e. The monoisotopic (exact) mass is 329 g/mol. The third-order valence-corrected chi connectivity index (χ3v) is 5.60. The second-order valence-electron chi connectivity index (χ2n) is 7.10. The molecule has 1 spiro atoms. The molecule has 0 aromatic carbocycles. The molecule has 1 saturated heterocycles. The van der Waals surface area contributed by atoms with Crippen LogP contribution >= 0.6 is 0 Å². The van der Waals surface area contributed by atoms with Crippen LogP contribution in [0, 0.1) is 12.8 Å². The largest absolute Gasteiger partial charge is 0.369 e. The number of urea groups is 1. The Morgan fingerprint density at radius 2 is 2.04 bits per heavy atom. The lowest BCUT2D eigenvalue weighted by Gasteiger charge is -2.29. The first-order chi connectivity index (χ1) is 11.6. The van der Waals surface area contributed by atoms with Gasteiger partial charge in [0.15, 0.2) is 0 Å². The summed E-state index contributed by atoms with van der Waals surface area (Å²) in [6, 6.07) is -0.373. The van der Waals surface area contributed by atoms with Crippen LogP contribution in [0.4, 0.5) is 10.6 Å². The van der Waals surface area contributed by atoms with Crippen LogP contribution in [0.5, 0.6) is 0 Å². The molecular weight excluding hydrogens is 306 g/mol. The molecule has 3 N–H and O–H groups in total. The van der Waals surface area contributed by atoms with E-state index in [1.807, 2.05) is 6.92 Å². The maximum atomic E-state index is 12.3. The number of nitrogens with zero attached hydrogens (tertiary/aromatic N) is 2. The van der Waals surface area contributed by atoms with Gasteiger partial charge >= 0.3 is 6.03 Å². The predicted molar refractivity (Wildman–Crippen MR) is 88.6 cm³/mol. The molecule has 2 unspecified atom stereocenters. The second-order valence-corrected chi connectivity index (χ2v) is 7.10. The molecule has 3 amide bonds. The zero-order valence-electron chi connectivity index (χ0n) is 13.9. The number of rotatable bonds is 3. The van der Waals surface area contributed by atoms with Crippen molar-refractivity contribution in [3.8, 4) is 0 Å². The first-order valence-electron chi connectivity index (χ1n) is 8.82. The number of fused-ring (bicyclic) bond motifs is 1. The Labute approximate surface area is 141 Å². The van der Waals surface area contributed by atoms with Gasteiger partial charge in [-0.25, -0.2) is 14.8 Å². The van der Waals surface area contributed by atoms with E-state index in [1.165, 1.54) is 18.4 Å². The number of imide groups is 1. The minimum Gasteiger partial charge on any atom is -0.369 e. The number of carbonyl (C=O) groups excluding carboxylic acids is 2. The van der Waals surface area contributed by atoms with E-state index < -0.39 is 5.54 Å². The molecule has 7 heteroatoms. The van der Waals surface area contributed by atoms with Gasteiger partial charge in [0, 0.05) is 23.7 Å². The SMILES string of the molecule is Cc1nc2c(c(NCC3CCCC34NC(=O)NC4=O)n1)CCCC2. The molecule has 24 heavy (non-hydrogen) atoms. The van der Waals surface area contributed by atoms with Crippen LogP contribution in [0.1, 0.15) is 49.2 Å². The normalized spacial score (nSPS) is 28.6. The van der Waals surface area contributed by atoms with Crippen molar-refractivity contribution >= 4 is 17.8 Å². The molecule has 2 fully saturated rings. The Bertz CT molecular complexity index is 704. The number of amides is 3. The highest BCUT2D eigenvalue weighted by molar-refractivity contribution is 6.07. The summed E-state index contributed by atoms with van der Waals surface area (Å²) in [5.74, 6) is 1.59. The fourth-order valence-corrected chi connectivity index (χ4v) is 4.41. The van der Waals surface area contributed by atoms with Crippen LogP contribution in [0.3, 0.4) is 0 Å². The highest BCUT2D eigenvalue weighted by Crippen LogP contribution is 2.38. The van der Waals surface area contributed by atoms with Crippen molar-refractivity contribution in [3.63, 3.8) is 0 Å². The van der Waals surface area contributed by atoms with E-state index in [-0.39, 0.29) is 17.9 Å². The summed E-state index contributed by atoms with van der Waals surface area (Å²) in [6.07, 6.45) is 6.94. The Kier molecular flexibility index (Phi) is 3.66. The maximum absolute atomic E-state index is 12.3. The van der Waals surface area contributed by atoms with E-state index in [0.717, 1.165) is 43.0 Å². The number of hydrogen-bond acceptors (Lipinski definition) is 5. The third-order valence-electron chi connectivity index (χ3n) is 5.60. The Morgan fingerprint density at radius 3 is 2.83 bits per heavy atom. The van der Waals surface area contributed by atoms with Crippen LogP contribution in [0.15, 0.2) is 0 Å². The van der Waals surface area contributed by atoms with Gasteiger partial charge in [-0.3, -0.25) is 10.1 Å². The molecule has 1 aromatic rings. The summed E-state index contributed by atoms with van der Waals surface area (Å²) in [5.41, 5.74) is 1.63. The topological polar surface area (TPSA) is 96.0 Å². The third kappa shape index (κ3) is 2.42. The van der Waals surface area contributed by atoms with Crippen molar-refractivity contribution in [1.29, 1.82) is 0 Å². The molecular formula is C17H23N5O2. The van der Waals surface area contributed by atoms with Crippen molar-refractivity contribution in [3.05, 3.63) is 17.1 Å². The Hall–Kier alpha value is -2.18. The molecule has 0 bridgehead atoms. The molecule has 2 heterocycles. The van der Waals surface area contributed by atoms with Crippen molar-refractivity contribution in [2.45, 2.75) is 57.4 Å². The van der Waals surface area contributed by atoms with Crippen molar-refractivity contribution in [2.75, 3.05) is 11.9 Å². The van der Waals surface area contributed by atoms with Gasteiger partial charge in [-0.1, -0.05) is 6.42 Å². The Balaban J connectivity index is 1.54. The van der Waals surface area contributed by atoms with Gasteiger partial charge < -0.3 is 10.6 Å². The highest BCUT2D eigenvalue weighted by Gasteiger charge is 2.54. The Morgan fingerprint density at radius 1 is 1.21 bits per heavy atom. The molecule has 2 atom stereocenters. The zero-order valence-corrected chi connectivity index (χ0v) is 13.9. The van der Waals surface area contributed by atoms with Gasteiger partial charge in [0.05, 0.1) is 0 Å². The summed E-state index contributed by atoms with van der Waals surface area (Å²) in [4.78, 5) is 33.0. The first-order valence-corrected chi connectivity index (χ1v) is 8.82. The zero-order chi connectivity index (χ0) is 16.7. The molecule has 0 radical (unpaired) electrons. The summed E-state index contributed by atoms with van der Waals surface area (Å²) >= 11 is 0. The summed E-state index contributed by atoms with van der Waals surface area (Å²) in [7, 11) is 0. The van der Waals surface area contributed by atoms with Crippen molar-refractivity contribution in [2.24, 2.45) is 5.92 Å². The number of aromatic nitrogens is 2. The van der Waals surface area contributed by atoms with E-state index in [9.17, 15) is 9.59 Å². The number of carbonyl (C=O) groups is 2.